The normalized spacial score (nSPS) is 11.2. The van der Waals surface area contributed by atoms with Crippen molar-refractivity contribution in [3.63, 3.8) is 0 Å². The van der Waals surface area contributed by atoms with Crippen LogP contribution in [0.15, 0.2) is 65.8 Å². The molecule has 34 heavy (non-hydrogen) atoms. The van der Waals surface area contributed by atoms with Crippen LogP contribution in [0, 0.1) is 0 Å². The van der Waals surface area contributed by atoms with Crippen LogP contribution in [0.25, 0.3) is 11.0 Å². The molecule has 0 saturated carbocycles. The lowest BCUT2D eigenvalue weighted by Crippen LogP contribution is -2.20. The van der Waals surface area contributed by atoms with Gasteiger partial charge in [0, 0.05) is 23.6 Å². The van der Waals surface area contributed by atoms with Crippen molar-refractivity contribution < 1.29 is 22.7 Å². The summed E-state index contributed by atoms with van der Waals surface area (Å²) in [4.78, 5) is 35.5. The van der Waals surface area contributed by atoms with Gasteiger partial charge in [-0.15, -0.1) is 0 Å². The second kappa shape index (κ2) is 9.10. The van der Waals surface area contributed by atoms with Crippen LogP contribution >= 0.6 is 0 Å². The molecule has 2 heterocycles. The Hall–Kier alpha value is -4.61. The molecule has 2 aromatic carbocycles. The van der Waals surface area contributed by atoms with Gasteiger partial charge < -0.3 is 25.7 Å². The number of pyridine rings is 1. The molecule has 0 spiro atoms. The van der Waals surface area contributed by atoms with Gasteiger partial charge in [-0.05, 0) is 42.5 Å². The Morgan fingerprint density at radius 3 is 2.44 bits per heavy atom. The highest BCUT2D eigenvalue weighted by Crippen LogP contribution is 2.35. The van der Waals surface area contributed by atoms with Crippen molar-refractivity contribution in [3.8, 4) is 5.75 Å². The Balaban J connectivity index is 1.47. The van der Waals surface area contributed by atoms with Crippen LogP contribution < -0.4 is 26.1 Å². The summed E-state index contributed by atoms with van der Waals surface area (Å²) in [6, 6.07) is 9.78. The van der Waals surface area contributed by atoms with Gasteiger partial charge in [-0.1, -0.05) is 0 Å². The second-order valence-electron chi connectivity index (χ2n) is 6.98. The fourth-order valence-electron chi connectivity index (χ4n) is 3.14. The second-order valence-corrected chi connectivity index (χ2v) is 6.98. The minimum absolute atomic E-state index is 0.0785. The molecule has 0 unspecified atom stereocenters. The molecule has 174 valence electrons. The minimum atomic E-state index is -4.57. The van der Waals surface area contributed by atoms with Crippen LogP contribution in [0.2, 0.25) is 0 Å². The number of aromatic nitrogens is 3. The van der Waals surface area contributed by atoms with Crippen molar-refractivity contribution in [2.75, 3.05) is 23.1 Å². The monoisotopic (exact) mass is 470 g/mol. The number of carbonyl (C=O) groups is 1. The lowest BCUT2D eigenvalue weighted by molar-refractivity contribution is -0.137. The molecule has 0 bridgehead atoms. The third-order valence-electron chi connectivity index (χ3n) is 4.73. The number of fused-ring (bicyclic) bond motifs is 1. The van der Waals surface area contributed by atoms with Gasteiger partial charge in [-0.3, -0.25) is 4.79 Å². The lowest BCUT2D eigenvalue weighted by atomic mass is 10.2. The molecule has 4 aromatic rings. The van der Waals surface area contributed by atoms with Crippen molar-refractivity contribution in [1.29, 1.82) is 0 Å². The van der Waals surface area contributed by atoms with Crippen molar-refractivity contribution in [1.82, 2.24) is 15.0 Å². The number of halogens is 3. The Kier molecular flexibility index (Phi) is 6.04. The molecule has 0 radical (unpaired) electrons. The number of benzene rings is 2. The number of anilines is 4. The number of urea groups is 1. The van der Waals surface area contributed by atoms with Gasteiger partial charge in [0.15, 0.2) is 5.43 Å². The smallest absolute Gasteiger partial charge is 0.416 e. The van der Waals surface area contributed by atoms with Gasteiger partial charge >= 0.3 is 12.2 Å². The average Bonchev–Trinajstić information content (AvgIpc) is 2.80. The summed E-state index contributed by atoms with van der Waals surface area (Å²) < 4.78 is 44.0. The first-order chi connectivity index (χ1) is 16.2. The fourth-order valence-corrected chi connectivity index (χ4v) is 3.14. The number of hydrogen-bond donors (Lipinski definition) is 4. The zero-order chi connectivity index (χ0) is 24.3. The van der Waals surface area contributed by atoms with Crippen molar-refractivity contribution in [2.45, 2.75) is 6.18 Å². The summed E-state index contributed by atoms with van der Waals surface area (Å²) in [6.45, 7) is 0. The summed E-state index contributed by atoms with van der Waals surface area (Å²) in [5.41, 5.74) is 0.0269. The zero-order valence-electron chi connectivity index (χ0n) is 17.5. The van der Waals surface area contributed by atoms with Crippen LogP contribution in [0.5, 0.6) is 5.75 Å². The number of aromatic amines is 1. The highest BCUT2D eigenvalue weighted by molar-refractivity contribution is 6.01. The van der Waals surface area contributed by atoms with Gasteiger partial charge in [0.1, 0.15) is 28.9 Å². The van der Waals surface area contributed by atoms with E-state index in [0.717, 1.165) is 18.2 Å². The Morgan fingerprint density at radius 2 is 1.74 bits per heavy atom. The summed E-state index contributed by atoms with van der Waals surface area (Å²) in [6.07, 6.45) is -1.77. The first-order valence-electron chi connectivity index (χ1n) is 9.77. The zero-order valence-corrected chi connectivity index (χ0v) is 17.5. The van der Waals surface area contributed by atoms with Crippen LogP contribution in [-0.4, -0.2) is 28.1 Å². The maximum Gasteiger partial charge on any atom is 0.416 e. The Bertz CT molecular complexity index is 1400. The number of hydrogen-bond acceptors (Lipinski definition) is 6. The first kappa shape index (κ1) is 22.6. The third kappa shape index (κ3) is 4.90. The maximum atomic E-state index is 13.0. The molecule has 9 nitrogen and oxygen atoms in total. The van der Waals surface area contributed by atoms with Crippen LogP contribution in [0.3, 0.4) is 0 Å². The number of nitrogens with one attached hydrogen (secondary N) is 4. The van der Waals surface area contributed by atoms with Gasteiger partial charge in [-0.25, -0.2) is 14.8 Å². The van der Waals surface area contributed by atoms with E-state index in [-0.39, 0.29) is 16.9 Å². The quantitative estimate of drug-likeness (QED) is 0.335. The van der Waals surface area contributed by atoms with E-state index in [1.54, 1.807) is 24.3 Å². The summed E-state index contributed by atoms with van der Waals surface area (Å²) in [5.74, 6) is 0.386. The van der Waals surface area contributed by atoms with Crippen molar-refractivity contribution >= 4 is 39.9 Å². The van der Waals surface area contributed by atoms with E-state index in [0.29, 0.717) is 28.2 Å². The molecule has 4 N–H and O–H groups in total. The number of methoxy groups -OCH3 is 1. The molecular formula is C22H17F3N6O3. The number of H-pyrrole nitrogens is 1. The van der Waals surface area contributed by atoms with Crippen molar-refractivity contribution in [2.24, 2.45) is 0 Å². The predicted molar refractivity (Wildman–Crippen MR) is 121 cm³/mol. The summed E-state index contributed by atoms with van der Waals surface area (Å²) in [7, 11) is 1.28. The lowest BCUT2D eigenvalue weighted by Gasteiger charge is -2.14. The summed E-state index contributed by atoms with van der Waals surface area (Å²) in [5, 5.41) is 8.21. The average molecular weight is 470 g/mol. The van der Waals surface area contributed by atoms with Gasteiger partial charge in [-0.2, -0.15) is 13.2 Å². The summed E-state index contributed by atoms with van der Waals surface area (Å²) >= 11 is 0. The van der Waals surface area contributed by atoms with Gasteiger partial charge in [0.25, 0.3) is 0 Å². The van der Waals surface area contributed by atoms with Crippen molar-refractivity contribution in [3.05, 3.63) is 76.8 Å². The van der Waals surface area contributed by atoms with E-state index in [4.69, 9.17) is 4.74 Å². The highest BCUT2D eigenvalue weighted by Gasteiger charge is 2.31. The number of nitrogens with zero attached hydrogens (tertiary/aromatic N) is 2. The largest absolute Gasteiger partial charge is 0.495 e. The first-order valence-corrected chi connectivity index (χ1v) is 9.77. The van der Waals surface area contributed by atoms with E-state index in [2.05, 4.69) is 30.9 Å². The topological polar surface area (TPSA) is 121 Å². The van der Waals surface area contributed by atoms with Crippen LogP contribution in [0.4, 0.5) is 40.8 Å². The molecule has 0 atom stereocenters. The molecule has 0 aliphatic rings. The molecule has 0 aliphatic carbocycles. The van der Waals surface area contributed by atoms with Gasteiger partial charge in [0.05, 0.1) is 18.4 Å². The van der Waals surface area contributed by atoms with E-state index in [1.165, 1.54) is 25.7 Å². The number of ether oxygens (including phenoxy) is 1. The van der Waals surface area contributed by atoms with Crippen LogP contribution in [-0.2, 0) is 6.18 Å². The predicted octanol–water partition coefficient (Wildman–Crippen LogP) is 4.73. The van der Waals surface area contributed by atoms with E-state index in [1.807, 2.05) is 0 Å². The van der Waals surface area contributed by atoms with E-state index >= 15 is 0 Å². The maximum absolute atomic E-state index is 13.0. The molecule has 2 amide bonds. The third-order valence-corrected chi connectivity index (χ3v) is 4.73. The van der Waals surface area contributed by atoms with E-state index in [9.17, 15) is 22.8 Å². The Morgan fingerprint density at radius 1 is 1.00 bits per heavy atom. The minimum Gasteiger partial charge on any atom is -0.495 e. The number of carbonyl (C=O) groups excluding carboxylic acids is 1. The molecule has 0 fully saturated rings. The molecule has 4 rings (SSSR count). The number of amides is 2. The standard InChI is InChI=1S/C22H17F3N6O3/c1-34-17-7-2-12(22(23,24)25)10-15(17)31-21(33)30-14-5-3-13(4-6-14)29-20-18-16(32)8-9-26-19(18)27-11-28-20/h2-11H,1H3,(H2,30,31,33)(H2,26,27,28,29,32). The highest BCUT2D eigenvalue weighted by atomic mass is 19.4. The number of alkyl halides is 3. The fraction of sp³-hybridized carbons (Fsp3) is 0.0909. The van der Waals surface area contributed by atoms with Gasteiger partial charge in [0.2, 0.25) is 0 Å². The molecule has 0 saturated heterocycles. The SMILES string of the molecule is COc1ccc(C(F)(F)F)cc1NC(=O)Nc1ccc(Nc2ncnc3[nH]ccc(=O)c23)cc1. The molecular weight excluding hydrogens is 453 g/mol. The molecule has 12 heteroatoms. The van der Waals surface area contributed by atoms with Crippen LogP contribution in [0.1, 0.15) is 5.56 Å². The Labute approximate surface area is 190 Å². The van der Waals surface area contributed by atoms with E-state index < -0.39 is 17.8 Å². The number of rotatable bonds is 5. The molecule has 2 aromatic heterocycles. The molecule has 0 aliphatic heterocycles.